The van der Waals surface area contributed by atoms with E-state index >= 15 is 0 Å². The van der Waals surface area contributed by atoms with Crippen molar-refractivity contribution in [1.82, 2.24) is 14.5 Å². The summed E-state index contributed by atoms with van der Waals surface area (Å²) in [6.07, 6.45) is 6.21. The molecule has 0 saturated heterocycles. The minimum atomic E-state index is -0.132. The first-order valence-electron chi connectivity index (χ1n) is 9.61. The van der Waals surface area contributed by atoms with Crippen LogP contribution in [-0.4, -0.2) is 33.6 Å². The largest absolute Gasteiger partial charge is 0.484 e. The van der Waals surface area contributed by atoms with Crippen molar-refractivity contribution in [2.45, 2.75) is 19.9 Å². The number of benzene rings is 2. The van der Waals surface area contributed by atoms with Gasteiger partial charge in [0.1, 0.15) is 5.75 Å². The van der Waals surface area contributed by atoms with E-state index in [9.17, 15) is 4.79 Å². The van der Waals surface area contributed by atoms with E-state index in [0.29, 0.717) is 22.4 Å². The number of nitrogens with zero attached hydrogens (tertiary/aromatic N) is 4. The Morgan fingerprint density at radius 2 is 2.07 bits per heavy atom. The molecule has 0 saturated carbocycles. The Labute approximate surface area is 183 Å². The number of anilines is 1. The Morgan fingerprint density at radius 1 is 1.23 bits per heavy atom. The third-order valence-electron chi connectivity index (χ3n) is 4.67. The van der Waals surface area contributed by atoms with Gasteiger partial charge in [-0.05, 0) is 49.2 Å². The lowest BCUT2D eigenvalue weighted by atomic mass is 10.2. The minimum Gasteiger partial charge on any atom is -0.484 e. The van der Waals surface area contributed by atoms with E-state index in [1.807, 2.05) is 35.9 Å². The summed E-state index contributed by atoms with van der Waals surface area (Å²) in [5.41, 5.74) is 2.03. The van der Waals surface area contributed by atoms with Crippen molar-refractivity contribution in [1.29, 1.82) is 0 Å². The van der Waals surface area contributed by atoms with Gasteiger partial charge >= 0.3 is 0 Å². The summed E-state index contributed by atoms with van der Waals surface area (Å²) in [7, 11) is 0. The summed E-state index contributed by atoms with van der Waals surface area (Å²) in [5, 5.41) is 1.31. The highest BCUT2D eigenvalue weighted by Crippen LogP contribution is 2.31. The van der Waals surface area contributed by atoms with Gasteiger partial charge in [-0.1, -0.05) is 35.1 Å². The molecule has 4 aromatic rings. The zero-order valence-electron chi connectivity index (χ0n) is 16.5. The predicted octanol–water partition coefficient (Wildman–Crippen LogP) is 4.96. The van der Waals surface area contributed by atoms with Crippen LogP contribution in [0.1, 0.15) is 12.0 Å². The molecule has 6 nitrogen and oxygen atoms in total. The second kappa shape index (κ2) is 9.28. The molecule has 0 spiro atoms. The maximum absolute atomic E-state index is 13.1. The summed E-state index contributed by atoms with van der Waals surface area (Å²) in [6.45, 7) is 3.27. The molecule has 0 fully saturated rings. The van der Waals surface area contributed by atoms with Crippen molar-refractivity contribution >= 4 is 44.2 Å². The van der Waals surface area contributed by atoms with E-state index in [2.05, 4.69) is 4.98 Å². The van der Waals surface area contributed by atoms with Crippen molar-refractivity contribution in [2.75, 3.05) is 18.1 Å². The SMILES string of the molecule is Cc1cccc2sc(N(CCCn3ccnc3)C(=O)COc3ccc(Cl)cc3)nc12. The molecule has 2 heterocycles. The monoisotopic (exact) mass is 440 g/mol. The first kappa shape index (κ1) is 20.4. The molecule has 4 rings (SSSR count). The maximum atomic E-state index is 13.1. The van der Waals surface area contributed by atoms with Crippen LogP contribution in [0.3, 0.4) is 0 Å². The Balaban J connectivity index is 1.51. The first-order chi connectivity index (χ1) is 14.6. The van der Waals surface area contributed by atoms with Gasteiger partial charge in [-0.15, -0.1) is 0 Å². The van der Waals surface area contributed by atoms with Gasteiger partial charge in [0.05, 0.1) is 16.5 Å². The zero-order valence-corrected chi connectivity index (χ0v) is 18.1. The third-order valence-corrected chi connectivity index (χ3v) is 5.97. The molecule has 0 N–H and O–H groups in total. The minimum absolute atomic E-state index is 0.0678. The molecule has 0 radical (unpaired) electrons. The zero-order chi connectivity index (χ0) is 20.9. The Kier molecular flexibility index (Phi) is 6.30. The molecule has 1 amide bonds. The highest BCUT2D eigenvalue weighted by atomic mass is 35.5. The molecule has 0 bridgehead atoms. The number of carbonyl (C=O) groups is 1. The van der Waals surface area contributed by atoms with Gasteiger partial charge in [0.15, 0.2) is 11.7 Å². The van der Waals surface area contributed by atoms with Gasteiger partial charge in [-0.25, -0.2) is 9.97 Å². The topological polar surface area (TPSA) is 60.2 Å². The van der Waals surface area contributed by atoms with E-state index < -0.39 is 0 Å². The average Bonchev–Trinajstić information content (AvgIpc) is 3.41. The Bertz CT molecular complexity index is 1130. The number of amides is 1. The number of hydrogen-bond acceptors (Lipinski definition) is 5. The van der Waals surface area contributed by atoms with Crippen molar-refractivity contribution < 1.29 is 9.53 Å². The Morgan fingerprint density at radius 3 is 2.80 bits per heavy atom. The number of ether oxygens (including phenoxy) is 1. The number of thiazole rings is 1. The van der Waals surface area contributed by atoms with Crippen LogP contribution in [0.4, 0.5) is 5.13 Å². The van der Waals surface area contributed by atoms with Gasteiger partial charge in [-0.3, -0.25) is 9.69 Å². The lowest BCUT2D eigenvalue weighted by Crippen LogP contribution is -2.36. The predicted molar refractivity (Wildman–Crippen MR) is 121 cm³/mol. The second-order valence-electron chi connectivity index (χ2n) is 6.86. The summed E-state index contributed by atoms with van der Waals surface area (Å²) in [6, 6.07) is 13.0. The Hall–Kier alpha value is -2.90. The standard InChI is InChI=1S/C22H21ClN4O2S/c1-16-4-2-5-19-21(16)25-22(30-19)27(12-3-11-26-13-10-24-15-26)20(28)14-29-18-8-6-17(23)7-9-18/h2,4-10,13,15H,3,11-12,14H2,1H3. The highest BCUT2D eigenvalue weighted by Gasteiger charge is 2.20. The number of rotatable bonds is 8. The average molecular weight is 441 g/mol. The molecule has 0 aliphatic carbocycles. The lowest BCUT2D eigenvalue weighted by molar-refractivity contribution is -0.120. The van der Waals surface area contributed by atoms with Gasteiger partial charge in [0.2, 0.25) is 0 Å². The van der Waals surface area contributed by atoms with Gasteiger partial charge in [0.25, 0.3) is 5.91 Å². The van der Waals surface area contributed by atoms with Crippen LogP contribution in [0.15, 0.2) is 61.2 Å². The van der Waals surface area contributed by atoms with E-state index in [1.165, 1.54) is 11.3 Å². The summed E-state index contributed by atoms with van der Waals surface area (Å²) in [5.74, 6) is 0.471. The number of halogens is 1. The molecule has 154 valence electrons. The number of hydrogen-bond donors (Lipinski definition) is 0. The van der Waals surface area contributed by atoms with E-state index in [-0.39, 0.29) is 12.5 Å². The van der Waals surface area contributed by atoms with E-state index in [1.54, 1.807) is 41.7 Å². The van der Waals surface area contributed by atoms with Crippen LogP contribution < -0.4 is 9.64 Å². The maximum Gasteiger partial charge on any atom is 0.266 e. The van der Waals surface area contributed by atoms with Crippen LogP contribution >= 0.6 is 22.9 Å². The van der Waals surface area contributed by atoms with Crippen LogP contribution in [0, 0.1) is 6.92 Å². The molecule has 0 unspecified atom stereocenters. The molecule has 2 aromatic carbocycles. The van der Waals surface area contributed by atoms with Crippen LogP contribution in [0.2, 0.25) is 5.02 Å². The fraction of sp³-hybridized carbons (Fsp3) is 0.227. The van der Waals surface area contributed by atoms with Crippen molar-refractivity contribution in [3.8, 4) is 5.75 Å². The van der Waals surface area contributed by atoms with Gasteiger partial charge < -0.3 is 9.30 Å². The summed E-state index contributed by atoms with van der Waals surface area (Å²) >= 11 is 7.43. The van der Waals surface area contributed by atoms with Crippen molar-refractivity contribution in [3.05, 3.63) is 71.8 Å². The third kappa shape index (κ3) is 4.80. The number of imidazole rings is 1. The fourth-order valence-electron chi connectivity index (χ4n) is 3.10. The lowest BCUT2D eigenvalue weighted by Gasteiger charge is -2.20. The van der Waals surface area contributed by atoms with Crippen LogP contribution in [-0.2, 0) is 11.3 Å². The fourth-order valence-corrected chi connectivity index (χ4v) is 4.31. The molecular formula is C22H21ClN4O2S. The molecular weight excluding hydrogens is 420 g/mol. The smallest absolute Gasteiger partial charge is 0.266 e. The van der Waals surface area contributed by atoms with Crippen LogP contribution in [0.25, 0.3) is 10.2 Å². The van der Waals surface area contributed by atoms with E-state index in [0.717, 1.165) is 28.7 Å². The molecule has 8 heteroatoms. The van der Waals surface area contributed by atoms with E-state index in [4.69, 9.17) is 21.3 Å². The number of fused-ring (bicyclic) bond motifs is 1. The van der Waals surface area contributed by atoms with Gasteiger partial charge in [-0.2, -0.15) is 0 Å². The number of para-hydroxylation sites is 1. The number of carbonyl (C=O) groups excluding carboxylic acids is 1. The quantitative estimate of drug-likeness (QED) is 0.388. The van der Waals surface area contributed by atoms with Crippen LogP contribution in [0.5, 0.6) is 5.75 Å². The first-order valence-corrected chi connectivity index (χ1v) is 10.8. The second-order valence-corrected chi connectivity index (χ2v) is 8.31. The number of aromatic nitrogens is 3. The highest BCUT2D eigenvalue weighted by molar-refractivity contribution is 7.22. The van der Waals surface area contributed by atoms with Crippen molar-refractivity contribution in [3.63, 3.8) is 0 Å². The normalized spacial score (nSPS) is 11.0. The molecule has 0 aliphatic rings. The molecule has 0 aliphatic heterocycles. The summed E-state index contributed by atoms with van der Waals surface area (Å²) in [4.78, 5) is 23.6. The molecule has 2 aromatic heterocycles. The molecule has 0 atom stereocenters. The molecule has 30 heavy (non-hydrogen) atoms. The summed E-state index contributed by atoms with van der Waals surface area (Å²) < 4.78 is 8.75. The van der Waals surface area contributed by atoms with Gasteiger partial charge in [0, 0.05) is 30.5 Å². The number of aryl methyl sites for hydroxylation is 2. The van der Waals surface area contributed by atoms with Crippen molar-refractivity contribution in [2.24, 2.45) is 0 Å².